The molecule has 0 aliphatic rings. The van der Waals surface area contributed by atoms with Gasteiger partial charge in [-0.2, -0.15) is 0 Å². The van der Waals surface area contributed by atoms with Crippen molar-refractivity contribution in [2.45, 2.75) is 20.3 Å². The third-order valence-corrected chi connectivity index (χ3v) is 2.44. The first-order valence-corrected chi connectivity index (χ1v) is 5.32. The van der Waals surface area contributed by atoms with Crippen molar-refractivity contribution in [3.63, 3.8) is 0 Å². The van der Waals surface area contributed by atoms with Crippen LogP contribution in [0.25, 0.3) is 11.0 Å². The average molecular weight is 218 g/mol. The third kappa shape index (κ3) is 2.08. The molecule has 0 aliphatic carbocycles. The predicted octanol–water partition coefficient (Wildman–Crippen LogP) is 2.70. The molecular weight excluding hydrogens is 204 g/mol. The standard InChI is InChI=1S/C13H14O3/c1-8(2)5-9-6-13(15)16-12-7-10(14)3-4-11(9)12/h3-4,6-8,14H,5H2,1-2H3. The van der Waals surface area contributed by atoms with E-state index in [9.17, 15) is 9.90 Å². The van der Waals surface area contributed by atoms with Gasteiger partial charge in [0.15, 0.2) is 0 Å². The van der Waals surface area contributed by atoms with E-state index in [0.717, 1.165) is 17.4 Å². The molecule has 1 N–H and O–H groups in total. The quantitative estimate of drug-likeness (QED) is 0.788. The second kappa shape index (κ2) is 4.00. The summed E-state index contributed by atoms with van der Waals surface area (Å²) >= 11 is 0. The van der Waals surface area contributed by atoms with Crippen molar-refractivity contribution in [2.24, 2.45) is 5.92 Å². The SMILES string of the molecule is CC(C)Cc1cc(=O)oc2cc(O)ccc12. The van der Waals surface area contributed by atoms with Gasteiger partial charge in [0.25, 0.3) is 0 Å². The molecule has 1 aromatic carbocycles. The maximum Gasteiger partial charge on any atom is 0.336 e. The van der Waals surface area contributed by atoms with Gasteiger partial charge in [-0.1, -0.05) is 13.8 Å². The molecule has 0 radical (unpaired) electrons. The van der Waals surface area contributed by atoms with Crippen molar-refractivity contribution in [3.8, 4) is 5.75 Å². The Kier molecular flexibility index (Phi) is 2.69. The van der Waals surface area contributed by atoms with Crippen molar-refractivity contribution in [1.82, 2.24) is 0 Å². The molecule has 0 saturated carbocycles. The molecule has 3 heteroatoms. The van der Waals surface area contributed by atoms with E-state index in [-0.39, 0.29) is 11.4 Å². The molecule has 1 aromatic heterocycles. The van der Waals surface area contributed by atoms with Gasteiger partial charge >= 0.3 is 5.63 Å². The molecule has 0 aliphatic heterocycles. The Labute approximate surface area is 93.3 Å². The first kappa shape index (κ1) is 10.7. The van der Waals surface area contributed by atoms with E-state index in [0.29, 0.717) is 11.5 Å². The van der Waals surface area contributed by atoms with Crippen LogP contribution in [0.2, 0.25) is 0 Å². The Bertz CT molecular complexity index is 567. The van der Waals surface area contributed by atoms with Crippen molar-refractivity contribution in [1.29, 1.82) is 0 Å². The van der Waals surface area contributed by atoms with Crippen LogP contribution in [0, 0.1) is 5.92 Å². The molecule has 0 saturated heterocycles. The first-order chi connectivity index (χ1) is 7.56. The second-order valence-corrected chi connectivity index (χ2v) is 4.37. The summed E-state index contributed by atoms with van der Waals surface area (Å²) in [6, 6.07) is 6.39. The summed E-state index contributed by atoms with van der Waals surface area (Å²) in [5, 5.41) is 10.2. The lowest BCUT2D eigenvalue weighted by atomic mass is 10.00. The first-order valence-electron chi connectivity index (χ1n) is 5.32. The molecule has 0 spiro atoms. The summed E-state index contributed by atoms with van der Waals surface area (Å²) in [4.78, 5) is 11.3. The number of fused-ring (bicyclic) bond motifs is 1. The number of rotatable bonds is 2. The number of benzene rings is 1. The smallest absolute Gasteiger partial charge is 0.336 e. The Morgan fingerprint density at radius 2 is 2.06 bits per heavy atom. The minimum atomic E-state index is -0.367. The van der Waals surface area contributed by atoms with Crippen LogP contribution in [0.1, 0.15) is 19.4 Å². The maximum atomic E-state index is 11.3. The van der Waals surface area contributed by atoms with Crippen molar-refractivity contribution in [3.05, 3.63) is 40.2 Å². The molecule has 3 nitrogen and oxygen atoms in total. The number of hydrogen-bond donors (Lipinski definition) is 1. The minimum absolute atomic E-state index is 0.109. The molecule has 0 bridgehead atoms. The Hall–Kier alpha value is -1.77. The van der Waals surface area contributed by atoms with Crippen molar-refractivity contribution in [2.75, 3.05) is 0 Å². The summed E-state index contributed by atoms with van der Waals surface area (Å²) in [5.74, 6) is 0.580. The highest BCUT2D eigenvalue weighted by atomic mass is 16.4. The van der Waals surface area contributed by atoms with E-state index in [2.05, 4.69) is 13.8 Å². The molecule has 16 heavy (non-hydrogen) atoms. The zero-order chi connectivity index (χ0) is 11.7. The van der Waals surface area contributed by atoms with Gasteiger partial charge in [-0.25, -0.2) is 4.79 Å². The van der Waals surface area contributed by atoms with E-state index < -0.39 is 0 Å². The van der Waals surface area contributed by atoms with Gasteiger partial charge in [-0.05, 0) is 30.0 Å². The molecule has 0 unspecified atom stereocenters. The van der Waals surface area contributed by atoms with Crippen LogP contribution in [0.4, 0.5) is 0 Å². The monoisotopic (exact) mass is 218 g/mol. The molecule has 2 aromatic rings. The Morgan fingerprint density at radius 1 is 1.31 bits per heavy atom. The highest BCUT2D eigenvalue weighted by Gasteiger charge is 2.07. The average Bonchev–Trinajstić information content (AvgIpc) is 2.15. The van der Waals surface area contributed by atoms with Crippen LogP contribution in [0.15, 0.2) is 33.5 Å². The largest absolute Gasteiger partial charge is 0.508 e. The van der Waals surface area contributed by atoms with Gasteiger partial charge in [0, 0.05) is 17.5 Å². The van der Waals surface area contributed by atoms with E-state index in [4.69, 9.17) is 4.42 Å². The highest BCUT2D eigenvalue weighted by molar-refractivity contribution is 5.81. The molecule has 0 fully saturated rings. The molecule has 0 amide bonds. The van der Waals surface area contributed by atoms with Gasteiger partial charge in [0.2, 0.25) is 0 Å². The van der Waals surface area contributed by atoms with Crippen LogP contribution in [-0.4, -0.2) is 5.11 Å². The van der Waals surface area contributed by atoms with Gasteiger partial charge in [0.05, 0.1) is 0 Å². The topological polar surface area (TPSA) is 50.4 Å². The van der Waals surface area contributed by atoms with Crippen LogP contribution < -0.4 is 5.63 Å². The van der Waals surface area contributed by atoms with Crippen LogP contribution >= 0.6 is 0 Å². The minimum Gasteiger partial charge on any atom is -0.508 e. The Balaban J connectivity index is 2.68. The fourth-order valence-electron chi connectivity index (χ4n) is 1.83. The van der Waals surface area contributed by atoms with Crippen molar-refractivity contribution >= 4 is 11.0 Å². The van der Waals surface area contributed by atoms with Gasteiger partial charge in [-0.3, -0.25) is 0 Å². The zero-order valence-electron chi connectivity index (χ0n) is 9.36. The summed E-state index contributed by atoms with van der Waals surface area (Å²) in [6.45, 7) is 4.20. The number of aromatic hydroxyl groups is 1. The highest BCUT2D eigenvalue weighted by Crippen LogP contribution is 2.23. The van der Waals surface area contributed by atoms with E-state index in [1.807, 2.05) is 0 Å². The summed E-state index contributed by atoms with van der Waals surface area (Å²) in [5.41, 5.74) is 1.05. The Morgan fingerprint density at radius 3 is 2.75 bits per heavy atom. The lowest BCUT2D eigenvalue weighted by Crippen LogP contribution is -2.03. The fourth-order valence-corrected chi connectivity index (χ4v) is 1.83. The summed E-state index contributed by atoms with van der Waals surface area (Å²) in [6.07, 6.45) is 0.826. The summed E-state index contributed by atoms with van der Waals surface area (Å²) < 4.78 is 5.05. The number of phenolic OH excluding ortho intramolecular Hbond substituents is 1. The third-order valence-electron chi connectivity index (χ3n) is 2.44. The molecular formula is C13H14O3. The normalized spacial score (nSPS) is 11.2. The second-order valence-electron chi connectivity index (χ2n) is 4.37. The van der Waals surface area contributed by atoms with Gasteiger partial charge in [0.1, 0.15) is 11.3 Å². The van der Waals surface area contributed by atoms with Crippen LogP contribution in [0.3, 0.4) is 0 Å². The van der Waals surface area contributed by atoms with E-state index in [1.165, 1.54) is 12.1 Å². The van der Waals surface area contributed by atoms with Crippen molar-refractivity contribution < 1.29 is 9.52 Å². The van der Waals surface area contributed by atoms with E-state index >= 15 is 0 Å². The molecule has 1 heterocycles. The fraction of sp³-hybridized carbons (Fsp3) is 0.308. The van der Waals surface area contributed by atoms with Crippen LogP contribution in [-0.2, 0) is 6.42 Å². The zero-order valence-corrected chi connectivity index (χ0v) is 9.36. The lowest BCUT2D eigenvalue weighted by molar-refractivity contribution is 0.473. The lowest BCUT2D eigenvalue weighted by Gasteiger charge is -2.07. The maximum absolute atomic E-state index is 11.3. The van der Waals surface area contributed by atoms with Crippen LogP contribution in [0.5, 0.6) is 5.75 Å². The molecule has 2 rings (SSSR count). The van der Waals surface area contributed by atoms with Gasteiger partial charge in [-0.15, -0.1) is 0 Å². The number of hydrogen-bond acceptors (Lipinski definition) is 3. The van der Waals surface area contributed by atoms with Gasteiger partial charge < -0.3 is 9.52 Å². The summed E-state index contributed by atoms with van der Waals surface area (Å²) in [7, 11) is 0. The molecule has 0 atom stereocenters. The predicted molar refractivity (Wildman–Crippen MR) is 62.7 cm³/mol. The molecule has 84 valence electrons. The number of phenols is 1. The van der Waals surface area contributed by atoms with E-state index in [1.54, 1.807) is 12.1 Å².